The van der Waals surface area contributed by atoms with E-state index in [0.29, 0.717) is 54.3 Å². The zero-order valence-electron chi connectivity index (χ0n) is 21.1. The molecule has 7 nitrogen and oxygen atoms in total. The maximum atomic E-state index is 13.8. The minimum Gasteiger partial charge on any atom is -0.494 e. The van der Waals surface area contributed by atoms with Gasteiger partial charge in [-0.2, -0.15) is 0 Å². The van der Waals surface area contributed by atoms with Crippen molar-refractivity contribution in [3.05, 3.63) is 101 Å². The number of halogens is 2. The summed E-state index contributed by atoms with van der Waals surface area (Å²) >= 11 is 14.0. The molecule has 4 rings (SSSR count). The van der Waals surface area contributed by atoms with Gasteiger partial charge in [0.25, 0.3) is 5.56 Å². The molecular formula is C28H26Cl2N2O5S. The van der Waals surface area contributed by atoms with Crippen LogP contribution in [0.1, 0.15) is 37.9 Å². The van der Waals surface area contributed by atoms with E-state index in [9.17, 15) is 9.59 Å². The van der Waals surface area contributed by atoms with E-state index in [0.717, 1.165) is 5.56 Å². The first-order chi connectivity index (χ1) is 18.3. The van der Waals surface area contributed by atoms with Crippen molar-refractivity contribution in [2.75, 3.05) is 19.8 Å². The van der Waals surface area contributed by atoms with E-state index in [1.54, 1.807) is 38.1 Å². The molecule has 0 spiro atoms. The molecule has 0 bridgehead atoms. The first-order valence-electron chi connectivity index (χ1n) is 11.9. The van der Waals surface area contributed by atoms with Gasteiger partial charge in [-0.25, -0.2) is 9.79 Å². The lowest BCUT2D eigenvalue weighted by Gasteiger charge is -2.24. The minimum absolute atomic E-state index is 0.198. The molecule has 0 aliphatic carbocycles. The first kappa shape index (κ1) is 27.7. The van der Waals surface area contributed by atoms with Crippen LogP contribution in [0.25, 0.3) is 6.08 Å². The molecule has 0 fully saturated rings. The third kappa shape index (κ3) is 5.57. The third-order valence-corrected chi connectivity index (χ3v) is 7.23. The summed E-state index contributed by atoms with van der Waals surface area (Å²) in [6, 6.07) is 9.93. The van der Waals surface area contributed by atoms with Gasteiger partial charge in [-0.3, -0.25) is 9.36 Å². The molecule has 2 heterocycles. The van der Waals surface area contributed by atoms with Crippen LogP contribution in [-0.4, -0.2) is 30.4 Å². The number of rotatable bonds is 9. The molecule has 198 valence electrons. The van der Waals surface area contributed by atoms with Crippen molar-refractivity contribution in [3.8, 4) is 11.5 Å². The van der Waals surface area contributed by atoms with Crippen LogP contribution >= 0.6 is 34.5 Å². The number of aromatic nitrogens is 1. The lowest BCUT2D eigenvalue weighted by molar-refractivity contribution is -0.139. The fourth-order valence-electron chi connectivity index (χ4n) is 4.11. The molecular weight excluding hydrogens is 547 g/mol. The summed E-state index contributed by atoms with van der Waals surface area (Å²) in [6.45, 7) is 9.98. The van der Waals surface area contributed by atoms with Crippen LogP contribution in [-0.2, 0) is 9.53 Å². The minimum atomic E-state index is -0.718. The van der Waals surface area contributed by atoms with Crippen LogP contribution in [0.3, 0.4) is 0 Å². The predicted octanol–water partition coefficient (Wildman–Crippen LogP) is 5.07. The predicted molar refractivity (Wildman–Crippen MR) is 150 cm³/mol. The topological polar surface area (TPSA) is 79.1 Å². The largest absolute Gasteiger partial charge is 0.494 e. The van der Waals surface area contributed by atoms with Crippen molar-refractivity contribution in [1.82, 2.24) is 4.57 Å². The van der Waals surface area contributed by atoms with Crippen LogP contribution in [0.2, 0.25) is 10.0 Å². The number of nitrogens with zero attached hydrogens (tertiary/aromatic N) is 2. The van der Waals surface area contributed by atoms with Crippen LogP contribution in [0.15, 0.2) is 70.1 Å². The second kappa shape index (κ2) is 12.0. The summed E-state index contributed by atoms with van der Waals surface area (Å²) in [5.41, 5.74) is 1.85. The number of esters is 1. The molecule has 38 heavy (non-hydrogen) atoms. The molecule has 0 amide bonds. The van der Waals surface area contributed by atoms with E-state index < -0.39 is 12.0 Å². The number of carbonyl (C=O) groups excluding carboxylic acids is 1. The Morgan fingerprint density at radius 2 is 1.82 bits per heavy atom. The number of carbonyl (C=O) groups is 1. The van der Waals surface area contributed by atoms with Gasteiger partial charge in [-0.15, -0.1) is 0 Å². The monoisotopic (exact) mass is 572 g/mol. The van der Waals surface area contributed by atoms with Gasteiger partial charge in [0.15, 0.2) is 10.6 Å². The van der Waals surface area contributed by atoms with Crippen molar-refractivity contribution in [3.63, 3.8) is 0 Å². The van der Waals surface area contributed by atoms with Gasteiger partial charge in [0.2, 0.25) is 0 Å². The third-order valence-electron chi connectivity index (χ3n) is 5.69. The Balaban J connectivity index is 1.87. The SMILES string of the molecule is C=CCOc1c(Cl)cc(/C=c2\sc3n(c2=O)[C@@H](c2ccc(OCC)cc2)C(C(=O)OCC)=C(C)N=3)cc1Cl. The first-order valence-corrected chi connectivity index (χ1v) is 13.5. The van der Waals surface area contributed by atoms with Crippen molar-refractivity contribution in [1.29, 1.82) is 0 Å². The summed E-state index contributed by atoms with van der Waals surface area (Å²) in [7, 11) is 0. The van der Waals surface area contributed by atoms with E-state index in [1.807, 2.05) is 31.2 Å². The maximum absolute atomic E-state index is 13.8. The van der Waals surface area contributed by atoms with Gasteiger partial charge in [0, 0.05) is 0 Å². The molecule has 1 aromatic heterocycles. The van der Waals surface area contributed by atoms with E-state index in [-0.39, 0.29) is 18.8 Å². The molecule has 1 aliphatic rings. The Morgan fingerprint density at radius 1 is 1.13 bits per heavy atom. The van der Waals surface area contributed by atoms with Crippen LogP contribution in [0.4, 0.5) is 0 Å². The molecule has 0 saturated heterocycles. The average Bonchev–Trinajstić information content (AvgIpc) is 3.17. The Hall–Kier alpha value is -3.33. The second-order valence-corrected chi connectivity index (χ2v) is 10.0. The molecule has 2 aromatic carbocycles. The van der Waals surface area contributed by atoms with Crippen LogP contribution < -0.4 is 24.4 Å². The zero-order valence-corrected chi connectivity index (χ0v) is 23.5. The number of thiazole rings is 1. The van der Waals surface area contributed by atoms with Gasteiger partial charge in [0.05, 0.1) is 45.1 Å². The fraction of sp³-hybridized carbons (Fsp3) is 0.250. The molecule has 1 aliphatic heterocycles. The molecule has 0 saturated carbocycles. The van der Waals surface area contributed by atoms with Crippen molar-refractivity contribution < 1.29 is 19.0 Å². The van der Waals surface area contributed by atoms with Crippen LogP contribution in [0.5, 0.6) is 11.5 Å². The number of ether oxygens (including phenoxy) is 3. The summed E-state index contributed by atoms with van der Waals surface area (Å²) < 4.78 is 18.4. The Bertz CT molecular complexity index is 1570. The molecule has 0 N–H and O–H groups in total. The standard InChI is InChI=1S/C28H26Cl2N2O5S/c1-5-12-37-25-20(29)13-17(14-21(25)30)15-22-26(33)32-24(18-8-10-19(11-9-18)35-6-2)23(27(34)36-7-3)16(4)31-28(32)38-22/h5,8-11,13-15,24H,1,6-7,12H2,2-4H3/b22-15-/t24-/m0/s1. The van der Waals surface area contributed by atoms with E-state index >= 15 is 0 Å². The molecule has 1 atom stereocenters. The summed E-state index contributed by atoms with van der Waals surface area (Å²) in [4.78, 5) is 31.9. The maximum Gasteiger partial charge on any atom is 0.338 e. The van der Waals surface area contributed by atoms with E-state index in [1.165, 1.54) is 15.9 Å². The van der Waals surface area contributed by atoms with Crippen LogP contribution in [0, 0.1) is 0 Å². The lowest BCUT2D eigenvalue weighted by atomic mass is 9.96. The fourth-order valence-corrected chi connectivity index (χ4v) is 5.77. The number of hydrogen-bond donors (Lipinski definition) is 0. The van der Waals surface area contributed by atoms with E-state index in [2.05, 4.69) is 11.6 Å². The van der Waals surface area contributed by atoms with Gasteiger partial charge >= 0.3 is 5.97 Å². The highest BCUT2D eigenvalue weighted by atomic mass is 35.5. The lowest BCUT2D eigenvalue weighted by Crippen LogP contribution is -2.39. The zero-order chi connectivity index (χ0) is 27.4. The Kier molecular flexibility index (Phi) is 8.76. The molecule has 10 heteroatoms. The van der Waals surface area contributed by atoms with Crippen molar-refractivity contribution in [2.45, 2.75) is 26.8 Å². The summed E-state index contributed by atoms with van der Waals surface area (Å²) in [5, 5.41) is 0.622. The Morgan fingerprint density at radius 3 is 2.42 bits per heavy atom. The molecule has 0 unspecified atom stereocenters. The molecule has 0 radical (unpaired) electrons. The molecule has 3 aromatic rings. The number of fused-ring (bicyclic) bond motifs is 1. The highest BCUT2D eigenvalue weighted by molar-refractivity contribution is 7.07. The quantitative estimate of drug-likeness (QED) is 0.264. The van der Waals surface area contributed by atoms with Crippen molar-refractivity contribution in [2.24, 2.45) is 4.99 Å². The number of hydrogen-bond acceptors (Lipinski definition) is 7. The van der Waals surface area contributed by atoms with Gasteiger partial charge in [-0.1, -0.05) is 59.3 Å². The number of allylic oxidation sites excluding steroid dienone is 1. The summed E-state index contributed by atoms with van der Waals surface area (Å²) in [6.07, 6.45) is 3.28. The highest BCUT2D eigenvalue weighted by Crippen LogP contribution is 2.35. The smallest absolute Gasteiger partial charge is 0.338 e. The summed E-state index contributed by atoms with van der Waals surface area (Å²) in [5.74, 6) is 0.518. The van der Waals surface area contributed by atoms with Gasteiger partial charge < -0.3 is 14.2 Å². The van der Waals surface area contributed by atoms with Crippen molar-refractivity contribution >= 4 is 46.6 Å². The van der Waals surface area contributed by atoms with Gasteiger partial charge in [0.1, 0.15) is 12.4 Å². The van der Waals surface area contributed by atoms with E-state index in [4.69, 9.17) is 37.4 Å². The number of benzene rings is 2. The Labute approximate surface area is 233 Å². The average molecular weight is 573 g/mol. The highest BCUT2D eigenvalue weighted by Gasteiger charge is 2.33. The second-order valence-electron chi connectivity index (χ2n) is 8.22. The van der Waals surface area contributed by atoms with Gasteiger partial charge in [-0.05, 0) is 62.2 Å². The normalized spacial score (nSPS) is 15.1.